The zero-order chi connectivity index (χ0) is 17.6. The van der Waals surface area contributed by atoms with E-state index in [4.69, 9.17) is 9.47 Å². The van der Waals surface area contributed by atoms with Crippen molar-refractivity contribution in [3.8, 4) is 0 Å². The Morgan fingerprint density at radius 1 is 0.727 bits per heavy atom. The molecule has 0 aliphatic carbocycles. The van der Waals surface area contributed by atoms with Gasteiger partial charge in [-0.15, -0.1) is 0 Å². The Morgan fingerprint density at radius 3 is 1.23 bits per heavy atom. The molecular formula is C14H26O6S2. The molecule has 0 saturated heterocycles. The van der Waals surface area contributed by atoms with Crippen molar-refractivity contribution in [1.82, 2.24) is 0 Å². The zero-order valence-electron chi connectivity index (χ0n) is 14.1. The van der Waals surface area contributed by atoms with Gasteiger partial charge in [-0.1, -0.05) is 0 Å². The normalized spacial score (nSPS) is 15.0. The first kappa shape index (κ1) is 21.2. The van der Waals surface area contributed by atoms with Crippen molar-refractivity contribution in [2.75, 3.05) is 23.0 Å². The van der Waals surface area contributed by atoms with Gasteiger partial charge in [0.2, 0.25) is 0 Å². The Kier molecular flexibility index (Phi) is 8.46. The second-order valence-electron chi connectivity index (χ2n) is 6.75. The maximum Gasteiger partial charge on any atom is 0.319 e. The molecule has 0 aliphatic rings. The van der Waals surface area contributed by atoms with Gasteiger partial charge in [0, 0.05) is 33.1 Å². The van der Waals surface area contributed by atoms with E-state index in [9.17, 15) is 18.0 Å². The second kappa shape index (κ2) is 8.76. The van der Waals surface area contributed by atoms with Gasteiger partial charge in [-0.25, -0.2) is 0 Å². The van der Waals surface area contributed by atoms with Crippen LogP contribution in [0.25, 0.3) is 0 Å². The molecule has 8 heteroatoms. The van der Waals surface area contributed by atoms with E-state index in [1.54, 1.807) is 41.5 Å². The standard InChI is InChI=1S/C14H26O6S2/c1-13(2,3)19-11(15)9-21(17)7-8-22(18)10-12(16)20-14(4,5)6/h7-10H2,1-6H3/t21-,22+. The van der Waals surface area contributed by atoms with Crippen molar-refractivity contribution in [3.63, 3.8) is 0 Å². The summed E-state index contributed by atoms with van der Waals surface area (Å²) >= 11 is 0. The van der Waals surface area contributed by atoms with Gasteiger partial charge in [0.25, 0.3) is 0 Å². The molecule has 0 aromatic heterocycles. The van der Waals surface area contributed by atoms with Crippen LogP contribution in [0.3, 0.4) is 0 Å². The lowest BCUT2D eigenvalue weighted by Gasteiger charge is -2.19. The molecule has 0 N–H and O–H groups in total. The van der Waals surface area contributed by atoms with Gasteiger partial charge in [0.1, 0.15) is 22.7 Å². The molecule has 0 radical (unpaired) electrons. The summed E-state index contributed by atoms with van der Waals surface area (Å²) in [5, 5.41) is 0. The summed E-state index contributed by atoms with van der Waals surface area (Å²) in [5.74, 6) is -1.42. The fourth-order valence-corrected chi connectivity index (χ4v) is 3.75. The highest BCUT2D eigenvalue weighted by Gasteiger charge is 2.20. The Morgan fingerprint density at radius 2 is 1.00 bits per heavy atom. The molecule has 22 heavy (non-hydrogen) atoms. The van der Waals surface area contributed by atoms with E-state index in [1.165, 1.54) is 0 Å². The molecular weight excluding hydrogens is 328 g/mol. The molecule has 0 aliphatic heterocycles. The van der Waals surface area contributed by atoms with E-state index in [0.29, 0.717) is 0 Å². The Balaban J connectivity index is 4.08. The van der Waals surface area contributed by atoms with Crippen molar-refractivity contribution < 1.29 is 27.5 Å². The van der Waals surface area contributed by atoms with Crippen LogP contribution in [-0.4, -0.2) is 54.6 Å². The lowest BCUT2D eigenvalue weighted by molar-refractivity contribution is -0.152. The third-order valence-electron chi connectivity index (χ3n) is 1.94. The van der Waals surface area contributed by atoms with E-state index in [1.807, 2.05) is 0 Å². The van der Waals surface area contributed by atoms with E-state index < -0.39 is 44.7 Å². The van der Waals surface area contributed by atoms with E-state index in [2.05, 4.69) is 0 Å². The fraction of sp³-hybridized carbons (Fsp3) is 0.857. The third-order valence-corrected chi connectivity index (χ3v) is 4.63. The van der Waals surface area contributed by atoms with Gasteiger partial charge in [-0.2, -0.15) is 0 Å². The second-order valence-corrected chi connectivity index (χ2v) is 9.90. The van der Waals surface area contributed by atoms with Crippen molar-refractivity contribution in [2.45, 2.75) is 52.7 Å². The highest BCUT2D eigenvalue weighted by molar-refractivity contribution is 7.89. The molecule has 0 amide bonds. The maximum absolute atomic E-state index is 11.7. The Hall–Kier alpha value is -0.760. The quantitative estimate of drug-likeness (QED) is 0.638. The Labute approximate surface area is 137 Å². The number of rotatable bonds is 7. The van der Waals surface area contributed by atoms with Crippen molar-refractivity contribution in [2.24, 2.45) is 0 Å². The average molecular weight is 354 g/mol. The molecule has 0 fully saturated rings. The van der Waals surface area contributed by atoms with Crippen LogP contribution < -0.4 is 0 Å². The van der Waals surface area contributed by atoms with Crippen molar-refractivity contribution >= 4 is 33.5 Å². The average Bonchev–Trinajstić information content (AvgIpc) is 2.20. The summed E-state index contributed by atoms with van der Waals surface area (Å²) in [7, 11) is -2.92. The van der Waals surface area contributed by atoms with Gasteiger partial charge in [0.05, 0.1) is 0 Å². The molecule has 0 saturated carbocycles. The van der Waals surface area contributed by atoms with Crippen LogP contribution >= 0.6 is 0 Å². The monoisotopic (exact) mass is 354 g/mol. The summed E-state index contributed by atoms with van der Waals surface area (Å²) in [6.07, 6.45) is 0. The number of carbonyl (C=O) groups is 2. The third kappa shape index (κ3) is 12.9. The largest absolute Gasteiger partial charge is 0.459 e. The van der Waals surface area contributed by atoms with Crippen LogP contribution in [0.1, 0.15) is 41.5 Å². The molecule has 0 rings (SSSR count). The molecule has 0 aromatic carbocycles. The van der Waals surface area contributed by atoms with E-state index in [0.717, 1.165) is 0 Å². The lowest BCUT2D eigenvalue weighted by Crippen LogP contribution is -2.29. The molecule has 130 valence electrons. The van der Waals surface area contributed by atoms with E-state index >= 15 is 0 Å². The molecule has 0 bridgehead atoms. The highest BCUT2D eigenvalue weighted by Crippen LogP contribution is 2.08. The zero-order valence-corrected chi connectivity index (χ0v) is 15.7. The number of esters is 2. The molecule has 6 nitrogen and oxygen atoms in total. The van der Waals surface area contributed by atoms with Gasteiger partial charge in [0.15, 0.2) is 0 Å². The topological polar surface area (TPSA) is 86.7 Å². The molecule has 0 aromatic rings. The molecule has 0 unspecified atom stereocenters. The Bertz CT molecular complexity index is 403. The maximum atomic E-state index is 11.7. The van der Waals surface area contributed by atoms with Gasteiger partial charge < -0.3 is 9.47 Å². The van der Waals surface area contributed by atoms with Crippen LogP contribution in [-0.2, 0) is 40.7 Å². The highest BCUT2D eigenvalue weighted by atomic mass is 32.2. The summed E-state index contributed by atoms with van der Waals surface area (Å²) < 4.78 is 33.5. The van der Waals surface area contributed by atoms with Crippen LogP contribution in [0.2, 0.25) is 0 Å². The minimum absolute atomic E-state index is 0.0780. The number of carbonyl (C=O) groups excluding carboxylic acids is 2. The van der Waals surface area contributed by atoms with Gasteiger partial charge in [-0.3, -0.25) is 18.0 Å². The number of hydrogen-bond donors (Lipinski definition) is 0. The SMILES string of the molecule is CC(C)(C)OC(=O)C[S@](=O)CC[S@](=O)CC(=O)OC(C)(C)C. The summed E-state index contributed by atoms with van der Waals surface area (Å²) in [5.41, 5.74) is -1.25. The smallest absolute Gasteiger partial charge is 0.319 e. The summed E-state index contributed by atoms with van der Waals surface area (Å²) in [6.45, 7) is 10.4. The summed E-state index contributed by atoms with van der Waals surface area (Å²) in [6, 6.07) is 0. The van der Waals surface area contributed by atoms with Crippen LogP contribution in [0.15, 0.2) is 0 Å². The first-order valence-electron chi connectivity index (χ1n) is 6.92. The molecule has 0 spiro atoms. The first-order valence-corrected chi connectivity index (χ1v) is 9.90. The fourth-order valence-electron chi connectivity index (χ4n) is 1.34. The first-order chi connectivity index (χ1) is 9.78. The summed E-state index contributed by atoms with van der Waals surface area (Å²) in [4.78, 5) is 23.0. The molecule has 0 heterocycles. The van der Waals surface area contributed by atoms with Crippen molar-refractivity contribution in [1.29, 1.82) is 0 Å². The van der Waals surface area contributed by atoms with E-state index in [-0.39, 0.29) is 23.0 Å². The minimum atomic E-state index is -1.46. The van der Waals surface area contributed by atoms with Gasteiger partial charge in [-0.05, 0) is 41.5 Å². The van der Waals surface area contributed by atoms with Crippen LogP contribution in [0.4, 0.5) is 0 Å². The minimum Gasteiger partial charge on any atom is -0.459 e. The number of ether oxygens (including phenoxy) is 2. The predicted octanol–water partition coefficient (Wildman–Crippen LogP) is 1.17. The van der Waals surface area contributed by atoms with Crippen molar-refractivity contribution in [3.05, 3.63) is 0 Å². The van der Waals surface area contributed by atoms with Crippen LogP contribution in [0.5, 0.6) is 0 Å². The lowest BCUT2D eigenvalue weighted by atomic mass is 10.2. The predicted molar refractivity (Wildman–Crippen MR) is 87.4 cm³/mol. The van der Waals surface area contributed by atoms with Crippen LogP contribution in [0, 0.1) is 0 Å². The van der Waals surface area contributed by atoms with Gasteiger partial charge >= 0.3 is 11.9 Å². The molecule has 2 atom stereocenters. The number of hydrogen-bond acceptors (Lipinski definition) is 6.